The van der Waals surface area contributed by atoms with Crippen molar-refractivity contribution in [3.8, 4) is 0 Å². The molecule has 20 heavy (non-hydrogen) atoms. The van der Waals surface area contributed by atoms with Gasteiger partial charge < -0.3 is 5.32 Å². The fourth-order valence-corrected chi connectivity index (χ4v) is 3.39. The fourth-order valence-electron chi connectivity index (χ4n) is 2.76. The van der Waals surface area contributed by atoms with Gasteiger partial charge in [-0.1, -0.05) is 38.1 Å². The van der Waals surface area contributed by atoms with Gasteiger partial charge in [0.2, 0.25) is 5.13 Å². The van der Waals surface area contributed by atoms with E-state index in [1.807, 2.05) is 0 Å². The lowest BCUT2D eigenvalue weighted by atomic mass is 9.82. The van der Waals surface area contributed by atoms with Crippen LogP contribution in [0.5, 0.6) is 0 Å². The molecule has 1 atom stereocenters. The zero-order chi connectivity index (χ0) is 13.9. The SMILES string of the molecule is CC(C)CNc1nc(C2CCCc3ccccc32)ns1. The van der Waals surface area contributed by atoms with E-state index in [2.05, 4.69) is 47.8 Å². The van der Waals surface area contributed by atoms with Crippen LogP contribution in [0.4, 0.5) is 5.13 Å². The van der Waals surface area contributed by atoms with E-state index in [1.165, 1.54) is 35.5 Å². The molecule has 3 rings (SSSR count). The molecule has 1 aromatic carbocycles. The molecular formula is C16H21N3S. The molecule has 1 unspecified atom stereocenters. The molecule has 0 spiro atoms. The third kappa shape index (κ3) is 2.85. The quantitative estimate of drug-likeness (QED) is 0.921. The number of hydrogen-bond donors (Lipinski definition) is 1. The Labute approximate surface area is 124 Å². The Bertz CT molecular complexity index is 577. The summed E-state index contributed by atoms with van der Waals surface area (Å²) < 4.78 is 4.58. The fraction of sp³-hybridized carbons (Fsp3) is 0.500. The molecule has 1 heterocycles. The zero-order valence-electron chi connectivity index (χ0n) is 12.1. The predicted molar refractivity (Wildman–Crippen MR) is 84.5 cm³/mol. The predicted octanol–water partition coefficient (Wildman–Crippen LogP) is 4.07. The molecular weight excluding hydrogens is 266 g/mol. The van der Waals surface area contributed by atoms with Crippen LogP contribution in [0.15, 0.2) is 24.3 Å². The number of aromatic nitrogens is 2. The van der Waals surface area contributed by atoms with E-state index >= 15 is 0 Å². The van der Waals surface area contributed by atoms with Gasteiger partial charge >= 0.3 is 0 Å². The second-order valence-electron chi connectivity index (χ2n) is 5.88. The second kappa shape index (κ2) is 5.92. The highest BCUT2D eigenvalue weighted by molar-refractivity contribution is 7.09. The van der Waals surface area contributed by atoms with Gasteiger partial charge in [0, 0.05) is 24.0 Å². The molecule has 106 valence electrons. The minimum Gasteiger partial charge on any atom is -0.360 e. The summed E-state index contributed by atoms with van der Waals surface area (Å²) in [5, 5.41) is 4.33. The Morgan fingerprint density at radius 3 is 3.05 bits per heavy atom. The summed E-state index contributed by atoms with van der Waals surface area (Å²) >= 11 is 1.49. The third-order valence-corrected chi connectivity index (χ3v) is 4.47. The van der Waals surface area contributed by atoms with E-state index in [0.29, 0.717) is 11.8 Å². The molecule has 4 heteroatoms. The van der Waals surface area contributed by atoms with Gasteiger partial charge in [-0.2, -0.15) is 4.37 Å². The van der Waals surface area contributed by atoms with Crippen LogP contribution in [0.3, 0.4) is 0 Å². The summed E-state index contributed by atoms with van der Waals surface area (Å²) in [5.41, 5.74) is 2.89. The van der Waals surface area contributed by atoms with Crippen LogP contribution in [0, 0.1) is 5.92 Å². The summed E-state index contributed by atoms with van der Waals surface area (Å²) in [7, 11) is 0. The first-order valence-electron chi connectivity index (χ1n) is 7.39. The second-order valence-corrected chi connectivity index (χ2v) is 6.63. The van der Waals surface area contributed by atoms with Crippen molar-refractivity contribution in [3.05, 3.63) is 41.2 Å². The van der Waals surface area contributed by atoms with Crippen molar-refractivity contribution >= 4 is 16.7 Å². The van der Waals surface area contributed by atoms with Gasteiger partial charge in [0.25, 0.3) is 0 Å². The normalized spacial score (nSPS) is 18.1. The highest BCUT2D eigenvalue weighted by Crippen LogP contribution is 2.36. The molecule has 0 amide bonds. The van der Waals surface area contributed by atoms with Gasteiger partial charge in [-0.15, -0.1) is 0 Å². The monoisotopic (exact) mass is 287 g/mol. The van der Waals surface area contributed by atoms with Gasteiger partial charge in [-0.25, -0.2) is 4.98 Å². The Balaban J connectivity index is 1.80. The van der Waals surface area contributed by atoms with Crippen molar-refractivity contribution in [1.82, 2.24) is 9.36 Å². The lowest BCUT2D eigenvalue weighted by Crippen LogP contribution is -2.12. The molecule has 1 aliphatic carbocycles. The topological polar surface area (TPSA) is 37.8 Å². The summed E-state index contributed by atoms with van der Waals surface area (Å²) in [6, 6.07) is 8.74. The first kappa shape index (κ1) is 13.6. The third-order valence-electron chi connectivity index (χ3n) is 3.78. The van der Waals surface area contributed by atoms with Crippen LogP contribution in [-0.2, 0) is 6.42 Å². The number of nitrogens with one attached hydrogen (secondary N) is 1. The van der Waals surface area contributed by atoms with Crippen LogP contribution in [0.25, 0.3) is 0 Å². The van der Waals surface area contributed by atoms with Gasteiger partial charge in [0.1, 0.15) is 0 Å². The van der Waals surface area contributed by atoms with Crippen LogP contribution in [0.2, 0.25) is 0 Å². The average Bonchev–Trinajstić information content (AvgIpc) is 2.93. The Hall–Kier alpha value is -1.42. The molecule has 3 nitrogen and oxygen atoms in total. The highest BCUT2D eigenvalue weighted by Gasteiger charge is 2.24. The van der Waals surface area contributed by atoms with Crippen molar-refractivity contribution in [2.24, 2.45) is 5.92 Å². The van der Waals surface area contributed by atoms with Crippen molar-refractivity contribution in [3.63, 3.8) is 0 Å². The number of hydrogen-bond acceptors (Lipinski definition) is 4. The maximum absolute atomic E-state index is 4.70. The largest absolute Gasteiger partial charge is 0.360 e. The smallest absolute Gasteiger partial charge is 0.202 e. The first-order valence-corrected chi connectivity index (χ1v) is 8.16. The number of aryl methyl sites for hydroxylation is 1. The van der Waals surface area contributed by atoms with Crippen LogP contribution >= 0.6 is 11.5 Å². The Morgan fingerprint density at radius 2 is 2.20 bits per heavy atom. The van der Waals surface area contributed by atoms with Gasteiger partial charge in [0.05, 0.1) is 0 Å². The zero-order valence-corrected chi connectivity index (χ0v) is 12.9. The Morgan fingerprint density at radius 1 is 1.35 bits per heavy atom. The van der Waals surface area contributed by atoms with Crippen molar-refractivity contribution in [2.75, 3.05) is 11.9 Å². The first-order chi connectivity index (χ1) is 9.74. The van der Waals surface area contributed by atoms with Gasteiger partial charge in [0.15, 0.2) is 5.82 Å². The number of rotatable bonds is 4. The minimum atomic E-state index is 0.380. The molecule has 1 aromatic heterocycles. The van der Waals surface area contributed by atoms with E-state index in [9.17, 15) is 0 Å². The van der Waals surface area contributed by atoms with E-state index in [1.54, 1.807) is 0 Å². The van der Waals surface area contributed by atoms with Crippen LogP contribution in [-0.4, -0.2) is 15.9 Å². The summed E-state index contributed by atoms with van der Waals surface area (Å²) in [6.07, 6.45) is 3.59. The Kier molecular flexibility index (Phi) is 4.01. The number of anilines is 1. The molecule has 0 saturated heterocycles. The summed E-state index contributed by atoms with van der Waals surface area (Å²) in [6.45, 7) is 5.36. The maximum atomic E-state index is 4.70. The number of nitrogens with zero attached hydrogens (tertiary/aromatic N) is 2. The lowest BCUT2D eigenvalue weighted by molar-refractivity contribution is 0.596. The molecule has 2 aromatic rings. The van der Waals surface area contributed by atoms with Gasteiger partial charge in [-0.3, -0.25) is 0 Å². The van der Waals surface area contributed by atoms with Crippen molar-refractivity contribution < 1.29 is 0 Å². The average molecular weight is 287 g/mol. The minimum absolute atomic E-state index is 0.380. The van der Waals surface area contributed by atoms with Crippen molar-refractivity contribution in [1.29, 1.82) is 0 Å². The maximum Gasteiger partial charge on any atom is 0.202 e. The van der Waals surface area contributed by atoms with Crippen molar-refractivity contribution in [2.45, 2.75) is 39.0 Å². The molecule has 0 bridgehead atoms. The van der Waals surface area contributed by atoms with Gasteiger partial charge in [-0.05, 0) is 36.3 Å². The molecule has 0 fully saturated rings. The molecule has 0 radical (unpaired) electrons. The lowest BCUT2D eigenvalue weighted by Gasteiger charge is -2.23. The molecule has 0 aliphatic heterocycles. The molecule has 1 N–H and O–H groups in total. The van der Waals surface area contributed by atoms with E-state index in [-0.39, 0.29) is 0 Å². The summed E-state index contributed by atoms with van der Waals surface area (Å²) in [4.78, 5) is 4.70. The molecule has 0 saturated carbocycles. The van der Waals surface area contributed by atoms with E-state index < -0.39 is 0 Å². The number of fused-ring (bicyclic) bond motifs is 1. The van der Waals surface area contributed by atoms with E-state index in [0.717, 1.165) is 23.9 Å². The van der Waals surface area contributed by atoms with Crippen LogP contribution in [0.1, 0.15) is 49.6 Å². The van der Waals surface area contributed by atoms with Crippen LogP contribution < -0.4 is 5.32 Å². The summed E-state index contributed by atoms with van der Waals surface area (Å²) in [5.74, 6) is 2.00. The molecule has 1 aliphatic rings. The van der Waals surface area contributed by atoms with E-state index in [4.69, 9.17) is 4.98 Å². The standard InChI is InChI=1S/C16H21N3S/c1-11(2)10-17-16-18-15(19-20-16)14-9-5-7-12-6-3-4-8-13(12)14/h3-4,6,8,11,14H,5,7,9-10H2,1-2H3,(H,17,18,19). The number of benzene rings is 1. The highest BCUT2D eigenvalue weighted by atomic mass is 32.1.